The second-order valence-corrected chi connectivity index (χ2v) is 5.40. The summed E-state index contributed by atoms with van der Waals surface area (Å²) in [6.07, 6.45) is 0.844. The third-order valence-corrected chi connectivity index (χ3v) is 3.34. The molecular weight excluding hydrogens is 312 g/mol. The van der Waals surface area contributed by atoms with E-state index in [9.17, 15) is 14.9 Å². The summed E-state index contributed by atoms with van der Waals surface area (Å²) in [5.41, 5.74) is 0.420. The van der Waals surface area contributed by atoms with E-state index in [1.165, 1.54) is 24.3 Å². The Labute approximate surface area is 120 Å². The van der Waals surface area contributed by atoms with Gasteiger partial charge in [-0.25, -0.2) is 0 Å². The van der Waals surface area contributed by atoms with Crippen LogP contribution in [0.2, 0.25) is 0 Å². The molecule has 0 saturated heterocycles. The molecule has 1 aromatic carbocycles. The third kappa shape index (κ3) is 4.63. The van der Waals surface area contributed by atoms with Crippen LogP contribution in [0.25, 0.3) is 0 Å². The number of hydrogen-bond acceptors (Lipinski definition) is 3. The lowest BCUT2D eigenvalue weighted by Gasteiger charge is -2.21. The van der Waals surface area contributed by atoms with Gasteiger partial charge in [0.1, 0.15) is 0 Å². The van der Waals surface area contributed by atoms with Crippen molar-refractivity contribution in [1.82, 2.24) is 5.32 Å². The van der Waals surface area contributed by atoms with Crippen LogP contribution in [-0.4, -0.2) is 22.2 Å². The number of carbonyl (C=O) groups excluding carboxylic acids is 1. The van der Waals surface area contributed by atoms with Crippen molar-refractivity contribution in [2.75, 3.05) is 5.33 Å². The van der Waals surface area contributed by atoms with E-state index in [2.05, 4.69) is 21.2 Å². The van der Waals surface area contributed by atoms with Crippen LogP contribution in [0.15, 0.2) is 24.3 Å². The molecule has 104 valence electrons. The van der Waals surface area contributed by atoms with Crippen LogP contribution in [0.5, 0.6) is 0 Å². The molecule has 1 amide bonds. The lowest BCUT2D eigenvalue weighted by molar-refractivity contribution is -0.384. The number of halogens is 1. The number of benzene rings is 1. The Morgan fingerprint density at radius 1 is 1.37 bits per heavy atom. The zero-order chi connectivity index (χ0) is 14.4. The summed E-state index contributed by atoms with van der Waals surface area (Å²) in [5.74, 6) is 0.133. The van der Waals surface area contributed by atoms with Crippen molar-refractivity contribution in [3.8, 4) is 0 Å². The van der Waals surface area contributed by atoms with Crippen LogP contribution in [0, 0.1) is 16.0 Å². The van der Waals surface area contributed by atoms with Crippen LogP contribution in [0.4, 0.5) is 5.69 Å². The lowest BCUT2D eigenvalue weighted by atomic mass is 10.0. The molecule has 1 N–H and O–H groups in total. The number of alkyl halides is 1. The molecule has 1 unspecified atom stereocenters. The van der Waals surface area contributed by atoms with Crippen molar-refractivity contribution in [2.45, 2.75) is 26.3 Å². The van der Waals surface area contributed by atoms with Crippen molar-refractivity contribution in [3.05, 3.63) is 39.9 Å². The molecule has 1 rings (SSSR count). The fourth-order valence-corrected chi connectivity index (χ4v) is 2.17. The summed E-state index contributed by atoms with van der Waals surface area (Å²) >= 11 is 3.36. The Hall–Kier alpha value is -1.43. The number of nitro benzene ring substituents is 1. The molecule has 0 aromatic heterocycles. The van der Waals surface area contributed by atoms with Gasteiger partial charge in [0.05, 0.1) is 4.92 Å². The summed E-state index contributed by atoms with van der Waals surface area (Å²) in [6.45, 7) is 4.09. The van der Waals surface area contributed by atoms with E-state index in [1.54, 1.807) is 0 Å². The molecule has 0 bridgehead atoms. The lowest BCUT2D eigenvalue weighted by Crippen LogP contribution is -2.38. The normalized spacial score (nSPS) is 12.2. The van der Waals surface area contributed by atoms with Gasteiger partial charge in [-0.15, -0.1) is 0 Å². The number of non-ortho nitro benzene ring substituents is 1. The standard InChI is InChI=1S/C13H17BrN2O3/c1-9(2)12(7-8-14)15-13(17)10-3-5-11(6-4-10)16(18)19/h3-6,9,12H,7-8H2,1-2H3,(H,15,17). The first-order chi connectivity index (χ1) is 8.95. The zero-order valence-corrected chi connectivity index (χ0v) is 12.5. The number of carbonyl (C=O) groups is 1. The molecule has 0 spiro atoms. The molecule has 5 nitrogen and oxygen atoms in total. The Balaban J connectivity index is 2.74. The van der Waals surface area contributed by atoms with Gasteiger partial charge in [0, 0.05) is 29.1 Å². The molecule has 0 radical (unpaired) electrons. The Kier molecular flexibility index (Phi) is 5.95. The number of hydrogen-bond donors (Lipinski definition) is 1. The summed E-state index contributed by atoms with van der Waals surface area (Å²) < 4.78 is 0. The average molecular weight is 329 g/mol. The van der Waals surface area contributed by atoms with Gasteiger partial charge in [0.2, 0.25) is 0 Å². The highest BCUT2D eigenvalue weighted by Crippen LogP contribution is 2.13. The summed E-state index contributed by atoms with van der Waals surface area (Å²) in [7, 11) is 0. The minimum absolute atomic E-state index is 0.0163. The van der Waals surface area contributed by atoms with Crippen molar-refractivity contribution in [1.29, 1.82) is 0 Å². The number of nitrogens with zero attached hydrogens (tertiary/aromatic N) is 1. The molecule has 19 heavy (non-hydrogen) atoms. The van der Waals surface area contributed by atoms with Crippen molar-refractivity contribution >= 4 is 27.5 Å². The Morgan fingerprint density at radius 2 is 1.95 bits per heavy atom. The van der Waals surface area contributed by atoms with Crippen LogP contribution < -0.4 is 5.32 Å². The van der Waals surface area contributed by atoms with Crippen molar-refractivity contribution < 1.29 is 9.72 Å². The van der Waals surface area contributed by atoms with Crippen molar-refractivity contribution in [2.24, 2.45) is 5.92 Å². The largest absolute Gasteiger partial charge is 0.349 e. The predicted octanol–water partition coefficient (Wildman–Crippen LogP) is 3.13. The predicted molar refractivity (Wildman–Crippen MR) is 77.6 cm³/mol. The van der Waals surface area contributed by atoms with Crippen LogP contribution >= 0.6 is 15.9 Å². The number of nitro groups is 1. The molecule has 0 aliphatic carbocycles. The van der Waals surface area contributed by atoms with Crippen LogP contribution in [0.3, 0.4) is 0 Å². The molecule has 0 fully saturated rings. The highest BCUT2D eigenvalue weighted by molar-refractivity contribution is 9.09. The average Bonchev–Trinajstić information content (AvgIpc) is 2.38. The molecule has 0 aliphatic rings. The van der Waals surface area contributed by atoms with Gasteiger partial charge in [0.15, 0.2) is 0 Å². The van der Waals surface area contributed by atoms with Gasteiger partial charge >= 0.3 is 0 Å². The third-order valence-electron chi connectivity index (χ3n) is 2.88. The van der Waals surface area contributed by atoms with Gasteiger partial charge < -0.3 is 5.32 Å². The first-order valence-electron chi connectivity index (χ1n) is 6.07. The molecule has 0 aliphatic heterocycles. The smallest absolute Gasteiger partial charge is 0.269 e. The number of amides is 1. The SMILES string of the molecule is CC(C)C(CCBr)NC(=O)c1ccc([N+](=O)[O-])cc1. The quantitative estimate of drug-likeness (QED) is 0.495. The molecular formula is C13H17BrN2O3. The Morgan fingerprint density at radius 3 is 2.37 bits per heavy atom. The molecule has 0 heterocycles. The van der Waals surface area contributed by atoms with E-state index in [0.29, 0.717) is 11.5 Å². The molecule has 6 heteroatoms. The zero-order valence-electron chi connectivity index (χ0n) is 10.9. The maximum Gasteiger partial charge on any atom is 0.269 e. The van der Waals surface area contributed by atoms with Gasteiger partial charge in [-0.1, -0.05) is 29.8 Å². The minimum Gasteiger partial charge on any atom is -0.349 e. The molecule has 1 aromatic rings. The van der Waals surface area contributed by atoms with E-state index in [1.807, 2.05) is 13.8 Å². The molecule has 1 atom stereocenters. The van der Waals surface area contributed by atoms with E-state index < -0.39 is 4.92 Å². The first kappa shape index (κ1) is 15.6. The topological polar surface area (TPSA) is 72.2 Å². The maximum atomic E-state index is 12.0. The number of rotatable bonds is 6. The fraction of sp³-hybridized carbons (Fsp3) is 0.462. The monoisotopic (exact) mass is 328 g/mol. The van der Waals surface area contributed by atoms with Crippen LogP contribution in [0.1, 0.15) is 30.6 Å². The highest BCUT2D eigenvalue weighted by atomic mass is 79.9. The van der Waals surface area contributed by atoms with E-state index in [4.69, 9.17) is 0 Å². The second kappa shape index (κ2) is 7.23. The Bertz CT molecular complexity index is 446. The molecule has 0 saturated carbocycles. The van der Waals surface area contributed by atoms with E-state index in [0.717, 1.165) is 11.8 Å². The van der Waals surface area contributed by atoms with Gasteiger partial charge in [-0.2, -0.15) is 0 Å². The second-order valence-electron chi connectivity index (χ2n) is 4.61. The highest BCUT2D eigenvalue weighted by Gasteiger charge is 2.17. The first-order valence-corrected chi connectivity index (χ1v) is 7.19. The maximum absolute atomic E-state index is 12.0. The van der Waals surface area contributed by atoms with Gasteiger partial charge in [-0.3, -0.25) is 14.9 Å². The van der Waals surface area contributed by atoms with Crippen LogP contribution in [-0.2, 0) is 0 Å². The summed E-state index contributed by atoms with van der Waals surface area (Å²) in [5, 5.41) is 14.3. The number of nitrogens with one attached hydrogen (secondary N) is 1. The van der Waals surface area contributed by atoms with Gasteiger partial charge in [-0.05, 0) is 24.5 Å². The minimum atomic E-state index is -0.483. The van der Waals surface area contributed by atoms with Gasteiger partial charge in [0.25, 0.3) is 11.6 Å². The summed E-state index contributed by atoms with van der Waals surface area (Å²) in [4.78, 5) is 22.1. The summed E-state index contributed by atoms with van der Waals surface area (Å²) in [6, 6.07) is 5.70. The van der Waals surface area contributed by atoms with Crippen molar-refractivity contribution in [3.63, 3.8) is 0 Å². The van der Waals surface area contributed by atoms with E-state index in [-0.39, 0.29) is 17.6 Å². The fourth-order valence-electron chi connectivity index (χ4n) is 1.68. The van der Waals surface area contributed by atoms with E-state index >= 15 is 0 Å².